The van der Waals surface area contributed by atoms with Gasteiger partial charge in [-0.3, -0.25) is 4.79 Å². The highest BCUT2D eigenvalue weighted by atomic mass is 35.5. The maximum Gasteiger partial charge on any atom is 0.274 e. The van der Waals surface area contributed by atoms with E-state index in [1.54, 1.807) is 24.3 Å². The van der Waals surface area contributed by atoms with Crippen LogP contribution in [0.3, 0.4) is 0 Å². The Kier molecular flexibility index (Phi) is 5.40. The number of rotatable bonds is 4. The van der Waals surface area contributed by atoms with Crippen LogP contribution < -0.4 is 10.2 Å². The summed E-state index contributed by atoms with van der Waals surface area (Å²) >= 11 is 6.13. The first-order chi connectivity index (χ1) is 14.5. The molecule has 4 rings (SSSR count). The van der Waals surface area contributed by atoms with E-state index in [0.717, 1.165) is 0 Å². The number of β-amino-alcohol motifs (C(OH)–C–C–N with tert-alkyl or cyclic N) is 1. The minimum absolute atomic E-state index is 0.113. The summed E-state index contributed by atoms with van der Waals surface area (Å²) in [7, 11) is 0. The van der Waals surface area contributed by atoms with Crippen LogP contribution in [-0.2, 0) is 6.54 Å². The molecule has 8 nitrogen and oxygen atoms in total. The number of aliphatic hydroxyl groups excluding tert-OH is 1. The second-order valence-electron chi connectivity index (χ2n) is 7.05. The van der Waals surface area contributed by atoms with Crippen molar-refractivity contribution in [3.63, 3.8) is 0 Å². The third-order valence-corrected chi connectivity index (χ3v) is 5.38. The van der Waals surface area contributed by atoms with Gasteiger partial charge in [0.15, 0.2) is 11.4 Å². The molecule has 1 saturated heterocycles. The van der Waals surface area contributed by atoms with E-state index >= 15 is 0 Å². The number of nitrogens with zero attached hydrogens (tertiary/aromatic N) is 4. The number of hydrogen-bond donors (Lipinski definition) is 3. The molecule has 0 aliphatic carbocycles. The smallest absolute Gasteiger partial charge is 0.274 e. The summed E-state index contributed by atoms with van der Waals surface area (Å²) in [5.74, 6) is -0.120. The van der Waals surface area contributed by atoms with Crippen LogP contribution in [0, 0.1) is 11.3 Å². The van der Waals surface area contributed by atoms with Crippen molar-refractivity contribution in [2.24, 2.45) is 0 Å². The Morgan fingerprint density at radius 2 is 2.20 bits per heavy atom. The van der Waals surface area contributed by atoms with E-state index < -0.39 is 5.91 Å². The van der Waals surface area contributed by atoms with Crippen molar-refractivity contribution in [1.29, 1.82) is 5.26 Å². The van der Waals surface area contributed by atoms with E-state index in [2.05, 4.69) is 15.3 Å². The fourth-order valence-electron chi connectivity index (χ4n) is 3.39. The number of aliphatic hydroxyl groups is 1. The number of anilines is 1. The molecule has 2 aromatic heterocycles. The topological polar surface area (TPSA) is 122 Å². The number of carbonyl (C=O) groups is 1. The Morgan fingerprint density at radius 1 is 1.37 bits per heavy atom. The number of hydrogen-bond acceptors (Lipinski definition) is 7. The number of pyridine rings is 2. The molecule has 3 aromatic rings. The first kappa shape index (κ1) is 19.9. The van der Waals surface area contributed by atoms with Crippen molar-refractivity contribution in [3.8, 4) is 11.8 Å². The third kappa shape index (κ3) is 3.85. The van der Waals surface area contributed by atoms with E-state index in [1.807, 2.05) is 11.0 Å². The molecule has 0 bridgehead atoms. The fraction of sp³-hybridized carbons (Fsp3) is 0.238. The number of aromatic hydroxyl groups is 1. The van der Waals surface area contributed by atoms with Gasteiger partial charge in [0, 0.05) is 30.0 Å². The van der Waals surface area contributed by atoms with Crippen LogP contribution in [0.25, 0.3) is 10.9 Å². The summed E-state index contributed by atoms with van der Waals surface area (Å²) in [6, 6.07) is 10.2. The molecule has 1 atom stereocenters. The maximum absolute atomic E-state index is 12.5. The van der Waals surface area contributed by atoms with Gasteiger partial charge < -0.3 is 20.4 Å². The summed E-state index contributed by atoms with van der Waals surface area (Å²) < 4.78 is 0. The standard InChI is InChI=1S/C21H18ClN5O3/c22-16-7-12(8-23)1-2-13(16)9-25-21(30)19-20(29)15-3-4-18(26-17(15)10-24-19)27-6-5-14(28)11-27/h1-4,7,10,14,28-29H,5-6,9,11H2,(H,25,30)/t14-/m1/s1. The zero-order valence-corrected chi connectivity index (χ0v) is 16.6. The lowest BCUT2D eigenvalue weighted by Crippen LogP contribution is -2.24. The number of carbonyl (C=O) groups excluding carboxylic acids is 1. The van der Waals surface area contributed by atoms with Crippen molar-refractivity contribution in [1.82, 2.24) is 15.3 Å². The summed E-state index contributed by atoms with van der Waals surface area (Å²) in [6.07, 6.45) is 1.75. The minimum atomic E-state index is -0.554. The highest BCUT2D eigenvalue weighted by molar-refractivity contribution is 6.31. The van der Waals surface area contributed by atoms with E-state index in [1.165, 1.54) is 12.3 Å². The molecule has 1 amide bonds. The van der Waals surface area contributed by atoms with Crippen LogP contribution in [0.2, 0.25) is 5.02 Å². The van der Waals surface area contributed by atoms with Crippen molar-refractivity contribution in [2.45, 2.75) is 19.1 Å². The fourth-order valence-corrected chi connectivity index (χ4v) is 3.64. The van der Waals surface area contributed by atoms with Gasteiger partial charge in [0.2, 0.25) is 0 Å². The molecular formula is C21H18ClN5O3. The Labute approximate surface area is 177 Å². The van der Waals surface area contributed by atoms with E-state index in [0.29, 0.717) is 52.4 Å². The number of fused-ring (bicyclic) bond motifs is 1. The molecule has 3 heterocycles. The SMILES string of the molecule is N#Cc1ccc(CNC(=O)c2ncc3nc(N4CC[C@@H](O)C4)ccc3c2O)c(Cl)c1. The lowest BCUT2D eigenvalue weighted by Gasteiger charge is -2.17. The lowest BCUT2D eigenvalue weighted by atomic mass is 10.1. The predicted octanol–water partition coefficient (Wildman–Crippen LogP) is 2.36. The average Bonchev–Trinajstić information content (AvgIpc) is 3.19. The van der Waals surface area contributed by atoms with Gasteiger partial charge in [-0.25, -0.2) is 9.97 Å². The summed E-state index contributed by atoms with van der Waals surface area (Å²) in [5.41, 5.74) is 1.42. The molecule has 1 aliphatic rings. The number of nitrogens with one attached hydrogen (secondary N) is 1. The number of halogens is 1. The summed E-state index contributed by atoms with van der Waals surface area (Å²) in [4.78, 5) is 23.1. The Hall–Kier alpha value is -3.41. The highest BCUT2D eigenvalue weighted by Gasteiger charge is 2.22. The van der Waals surface area contributed by atoms with Crippen LogP contribution in [-0.4, -0.2) is 45.3 Å². The first-order valence-electron chi connectivity index (χ1n) is 9.34. The predicted molar refractivity (Wildman–Crippen MR) is 111 cm³/mol. The molecule has 1 aromatic carbocycles. The Morgan fingerprint density at radius 3 is 2.90 bits per heavy atom. The largest absolute Gasteiger partial charge is 0.505 e. The van der Waals surface area contributed by atoms with Crippen LogP contribution in [0.4, 0.5) is 5.82 Å². The highest BCUT2D eigenvalue weighted by Crippen LogP contribution is 2.29. The van der Waals surface area contributed by atoms with Crippen molar-refractivity contribution in [2.75, 3.05) is 18.0 Å². The van der Waals surface area contributed by atoms with E-state index in [9.17, 15) is 15.0 Å². The molecule has 30 heavy (non-hydrogen) atoms. The third-order valence-electron chi connectivity index (χ3n) is 5.03. The van der Waals surface area contributed by atoms with E-state index in [4.69, 9.17) is 16.9 Å². The molecule has 9 heteroatoms. The number of nitriles is 1. The monoisotopic (exact) mass is 423 g/mol. The number of benzene rings is 1. The van der Waals surface area contributed by atoms with Crippen molar-refractivity contribution >= 4 is 34.2 Å². The Bertz CT molecular complexity index is 1180. The van der Waals surface area contributed by atoms with Crippen LogP contribution in [0.1, 0.15) is 28.0 Å². The zero-order valence-electron chi connectivity index (χ0n) is 15.8. The first-order valence-corrected chi connectivity index (χ1v) is 9.72. The molecule has 3 N–H and O–H groups in total. The molecule has 0 unspecified atom stereocenters. The molecule has 1 fully saturated rings. The van der Waals surface area contributed by atoms with Gasteiger partial charge in [0.05, 0.1) is 29.5 Å². The van der Waals surface area contributed by atoms with Crippen LogP contribution >= 0.6 is 11.6 Å². The van der Waals surface area contributed by atoms with Crippen LogP contribution in [0.15, 0.2) is 36.5 Å². The molecule has 0 saturated carbocycles. The minimum Gasteiger partial charge on any atom is -0.505 e. The van der Waals surface area contributed by atoms with Gasteiger partial charge in [-0.15, -0.1) is 0 Å². The van der Waals surface area contributed by atoms with Crippen molar-refractivity contribution in [3.05, 3.63) is 58.4 Å². The molecule has 152 valence electrons. The number of amides is 1. The van der Waals surface area contributed by atoms with E-state index in [-0.39, 0.29) is 24.1 Å². The second kappa shape index (κ2) is 8.14. The molecule has 0 radical (unpaired) electrons. The molecule has 1 aliphatic heterocycles. The Balaban J connectivity index is 1.53. The van der Waals surface area contributed by atoms with Gasteiger partial charge in [-0.2, -0.15) is 5.26 Å². The molecule has 0 spiro atoms. The van der Waals surface area contributed by atoms with Crippen molar-refractivity contribution < 1.29 is 15.0 Å². The van der Waals surface area contributed by atoms with Gasteiger partial charge in [-0.1, -0.05) is 17.7 Å². The summed E-state index contributed by atoms with van der Waals surface area (Å²) in [6.45, 7) is 1.34. The average molecular weight is 424 g/mol. The van der Waals surface area contributed by atoms with Gasteiger partial charge in [0.25, 0.3) is 5.91 Å². The lowest BCUT2D eigenvalue weighted by molar-refractivity contribution is 0.0943. The van der Waals surface area contributed by atoms with Gasteiger partial charge >= 0.3 is 0 Å². The summed E-state index contributed by atoms with van der Waals surface area (Å²) in [5, 5.41) is 32.6. The quantitative estimate of drug-likeness (QED) is 0.588. The van der Waals surface area contributed by atoms with Gasteiger partial charge in [0.1, 0.15) is 5.82 Å². The van der Waals surface area contributed by atoms with Crippen LogP contribution in [0.5, 0.6) is 5.75 Å². The number of aromatic nitrogens is 2. The second-order valence-corrected chi connectivity index (χ2v) is 7.45. The molecular weight excluding hydrogens is 406 g/mol. The maximum atomic E-state index is 12.5. The normalized spacial score (nSPS) is 15.9. The van der Waals surface area contributed by atoms with Gasteiger partial charge in [-0.05, 0) is 36.2 Å². The zero-order chi connectivity index (χ0) is 21.3.